The van der Waals surface area contributed by atoms with E-state index in [4.69, 9.17) is 0 Å². The van der Waals surface area contributed by atoms with Crippen molar-refractivity contribution in [2.24, 2.45) is 0 Å². The van der Waals surface area contributed by atoms with Gasteiger partial charge in [-0.2, -0.15) is 5.06 Å². The molecule has 1 unspecified atom stereocenters. The molecule has 1 aliphatic heterocycles. The van der Waals surface area contributed by atoms with E-state index in [-0.39, 0.29) is 28.7 Å². The summed E-state index contributed by atoms with van der Waals surface area (Å²) in [6.45, 7) is 3.48. The number of hydroxylamine groups is 1. The molecule has 1 amide bonds. The number of carbonyl (C=O) groups excluding carboxylic acids is 1. The molecule has 0 fully saturated rings. The van der Waals surface area contributed by atoms with Crippen LogP contribution in [0.3, 0.4) is 0 Å². The van der Waals surface area contributed by atoms with Crippen LogP contribution in [0.5, 0.6) is 0 Å². The minimum absolute atomic E-state index is 0.0551. The zero-order valence-electron chi connectivity index (χ0n) is 17.9. The van der Waals surface area contributed by atoms with E-state index in [1.54, 1.807) is 0 Å². The molecule has 32 heavy (non-hydrogen) atoms. The van der Waals surface area contributed by atoms with Crippen LogP contribution in [0.15, 0.2) is 77.7 Å². The fourth-order valence-electron chi connectivity index (χ4n) is 3.93. The topological polar surface area (TPSA) is 86.7 Å². The first-order chi connectivity index (χ1) is 15.3. The summed E-state index contributed by atoms with van der Waals surface area (Å²) in [5.74, 6) is -0.611. The van der Waals surface area contributed by atoms with Gasteiger partial charge in [-0.05, 0) is 52.4 Å². The Labute approximate surface area is 188 Å². The zero-order chi connectivity index (χ0) is 22.7. The number of fused-ring (bicyclic) bond motifs is 1. The Morgan fingerprint density at radius 2 is 1.69 bits per heavy atom. The molecule has 1 heterocycles. The van der Waals surface area contributed by atoms with E-state index in [0.717, 1.165) is 29.8 Å². The van der Waals surface area contributed by atoms with Crippen molar-refractivity contribution in [3.8, 4) is 0 Å². The fraction of sp³-hybridized carbons (Fsp3) is 0.240. The minimum atomic E-state index is -3.55. The van der Waals surface area contributed by atoms with Gasteiger partial charge in [0.05, 0.1) is 16.3 Å². The number of nitrogens with zero attached hydrogens (tertiary/aromatic N) is 1. The fourth-order valence-corrected chi connectivity index (χ4v) is 5.26. The first kappa shape index (κ1) is 22.2. The molecule has 1 atom stereocenters. The Balaban J connectivity index is 1.43. The number of amides is 1. The van der Waals surface area contributed by atoms with Crippen molar-refractivity contribution in [3.63, 3.8) is 0 Å². The summed E-state index contributed by atoms with van der Waals surface area (Å²) in [6.07, 6.45) is 0.133. The SMILES string of the molecule is CC(CC(=O)N(O)c1ccc(S(=O)(=O)Cc2ccc3c(c2)CNC3)cc1)c1ccccc1. The van der Waals surface area contributed by atoms with E-state index in [1.165, 1.54) is 29.8 Å². The average molecular weight is 451 g/mol. The van der Waals surface area contributed by atoms with E-state index in [0.29, 0.717) is 5.06 Å². The number of hydrogen-bond donors (Lipinski definition) is 2. The lowest BCUT2D eigenvalue weighted by molar-refractivity contribution is -0.123. The molecular formula is C25H26N2O4S. The highest BCUT2D eigenvalue weighted by Gasteiger charge is 2.21. The Kier molecular flexibility index (Phi) is 6.41. The summed E-state index contributed by atoms with van der Waals surface area (Å²) in [7, 11) is -3.55. The summed E-state index contributed by atoms with van der Waals surface area (Å²) in [5.41, 5.74) is 4.32. The molecule has 0 bridgehead atoms. The van der Waals surface area contributed by atoms with Crippen LogP contribution in [-0.2, 0) is 33.5 Å². The Morgan fingerprint density at radius 1 is 1.00 bits per heavy atom. The van der Waals surface area contributed by atoms with Gasteiger partial charge in [-0.25, -0.2) is 8.42 Å². The van der Waals surface area contributed by atoms with Gasteiger partial charge in [-0.15, -0.1) is 0 Å². The molecule has 2 N–H and O–H groups in total. The standard InChI is InChI=1S/C25H26N2O4S/c1-18(20-5-3-2-4-6-20)13-25(28)27(29)23-9-11-24(12-10-23)32(30,31)17-19-7-8-21-15-26-16-22(21)14-19/h2-12,14,18,26,29H,13,15-17H2,1H3. The van der Waals surface area contributed by atoms with E-state index in [2.05, 4.69) is 5.32 Å². The highest BCUT2D eigenvalue weighted by molar-refractivity contribution is 7.90. The Hall–Kier alpha value is -3.00. The Bertz CT molecular complexity index is 1210. The molecule has 0 aliphatic carbocycles. The van der Waals surface area contributed by atoms with Crippen LogP contribution in [-0.4, -0.2) is 19.5 Å². The van der Waals surface area contributed by atoms with Crippen LogP contribution in [0, 0.1) is 0 Å². The number of rotatable bonds is 7. The molecule has 166 valence electrons. The van der Waals surface area contributed by atoms with E-state index >= 15 is 0 Å². The third-order valence-electron chi connectivity index (χ3n) is 5.78. The van der Waals surface area contributed by atoms with Crippen LogP contribution in [0.4, 0.5) is 5.69 Å². The smallest absolute Gasteiger partial charge is 0.251 e. The normalized spacial score (nSPS) is 14.1. The predicted molar refractivity (Wildman–Crippen MR) is 123 cm³/mol. The first-order valence-corrected chi connectivity index (χ1v) is 12.2. The van der Waals surface area contributed by atoms with Crippen LogP contribution in [0.25, 0.3) is 0 Å². The lowest BCUT2D eigenvalue weighted by Gasteiger charge is -2.18. The monoisotopic (exact) mass is 450 g/mol. The number of benzene rings is 3. The maximum Gasteiger partial charge on any atom is 0.251 e. The van der Waals surface area contributed by atoms with Crippen LogP contribution in [0.1, 0.15) is 41.5 Å². The lowest BCUT2D eigenvalue weighted by Crippen LogP contribution is -2.28. The zero-order valence-corrected chi connectivity index (χ0v) is 18.7. The minimum Gasteiger partial charge on any atom is -0.309 e. The molecule has 6 nitrogen and oxygen atoms in total. The van der Waals surface area contributed by atoms with Crippen molar-refractivity contribution in [1.29, 1.82) is 0 Å². The molecule has 1 aliphatic rings. The number of carbonyl (C=O) groups is 1. The molecule has 0 saturated carbocycles. The van der Waals surface area contributed by atoms with E-state index < -0.39 is 15.7 Å². The molecule has 0 radical (unpaired) electrons. The molecule has 4 rings (SSSR count). The summed E-state index contributed by atoms with van der Waals surface area (Å²) < 4.78 is 25.7. The lowest BCUT2D eigenvalue weighted by atomic mass is 9.97. The van der Waals surface area contributed by atoms with Gasteiger partial charge in [0.1, 0.15) is 0 Å². The molecular weight excluding hydrogens is 424 g/mol. The number of anilines is 1. The summed E-state index contributed by atoms with van der Waals surface area (Å²) in [5, 5.41) is 14.2. The van der Waals surface area contributed by atoms with Crippen molar-refractivity contribution < 1.29 is 18.4 Å². The molecule has 3 aromatic carbocycles. The van der Waals surface area contributed by atoms with Crippen LogP contribution < -0.4 is 10.4 Å². The van der Waals surface area contributed by atoms with Crippen LogP contribution in [0.2, 0.25) is 0 Å². The van der Waals surface area contributed by atoms with Gasteiger partial charge in [0, 0.05) is 19.5 Å². The Morgan fingerprint density at radius 3 is 2.41 bits per heavy atom. The van der Waals surface area contributed by atoms with Gasteiger partial charge in [0.15, 0.2) is 9.84 Å². The summed E-state index contributed by atoms with van der Waals surface area (Å²) >= 11 is 0. The van der Waals surface area contributed by atoms with Crippen LogP contribution >= 0.6 is 0 Å². The quantitative estimate of drug-likeness (QED) is 0.417. The molecule has 7 heteroatoms. The first-order valence-electron chi connectivity index (χ1n) is 10.5. The van der Waals surface area contributed by atoms with Crippen molar-refractivity contribution in [1.82, 2.24) is 5.32 Å². The van der Waals surface area contributed by atoms with Gasteiger partial charge in [-0.3, -0.25) is 10.0 Å². The molecule has 0 spiro atoms. The van der Waals surface area contributed by atoms with Crippen molar-refractivity contribution in [2.45, 2.75) is 43.0 Å². The van der Waals surface area contributed by atoms with Gasteiger partial charge in [0.2, 0.25) is 0 Å². The van der Waals surface area contributed by atoms with Crippen molar-refractivity contribution in [2.75, 3.05) is 5.06 Å². The van der Waals surface area contributed by atoms with Gasteiger partial charge < -0.3 is 5.32 Å². The largest absolute Gasteiger partial charge is 0.309 e. The highest BCUT2D eigenvalue weighted by Crippen LogP contribution is 2.25. The molecule has 0 aromatic heterocycles. The summed E-state index contributed by atoms with van der Waals surface area (Å²) in [6, 6.07) is 21.1. The second-order valence-corrected chi connectivity index (χ2v) is 10.2. The number of nitrogens with one attached hydrogen (secondary N) is 1. The second-order valence-electron chi connectivity index (χ2n) is 8.18. The third-order valence-corrected chi connectivity index (χ3v) is 7.49. The highest BCUT2D eigenvalue weighted by atomic mass is 32.2. The van der Waals surface area contributed by atoms with Crippen molar-refractivity contribution >= 4 is 21.4 Å². The molecule has 0 saturated heterocycles. The van der Waals surface area contributed by atoms with Gasteiger partial charge in [-0.1, -0.05) is 55.5 Å². The number of hydrogen-bond acceptors (Lipinski definition) is 5. The van der Waals surface area contributed by atoms with Gasteiger partial charge >= 0.3 is 0 Å². The van der Waals surface area contributed by atoms with E-state index in [9.17, 15) is 18.4 Å². The van der Waals surface area contributed by atoms with Gasteiger partial charge in [0.25, 0.3) is 5.91 Å². The summed E-state index contributed by atoms with van der Waals surface area (Å²) in [4.78, 5) is 12.6. The van der Waals surface area contributed by atoms with Crippen molar-refractivity contribution in [3.05, 3.63) is 95.1 Å². The maximum atomic E-state index is 12.9. The molecule has 3 aromatic rings. The second kappa shape index (κ2) is 9.24. The maximum absolute atomic E-state index is 12.9. The third kappa shape index (κ3) is 4.91. The number of sulfone groups is 1. The van der Waals surface area contributed by atoms with E-state index in [1.807, 2.05) is 55.5 Å². The average Bonchev–Trinajstić information content (AvgIpc) is 3.27. The predicted octanol–water partition coefficient (Wildman–Crippen LogP) is 4.18.